The van der Waals surface area contributed by atoms with E-state index in [9.17, 15) is 4.39 Å². The van der Waals surface area contributed by atoms with E-state index in [1.165, 1.54) is 17.4 Å². The van der Waals surface area contributed by atoms with Crippen LogP contribution in [0, 0.1) is 5.82 Å². The van der Waals surface area contributed by atoms with Crippen molar-refractivity contribution < 1.29 is 4.39 Å². The summed E-state index contributed by atoms with van der Waals surface area (Å²) in [4.78, 5) is 4.54. The van der Waals surface area contributed by atoms with Crippen LogP contribution in [-0.2, 0) is 0 Å². The molecule has 0 saturated heterocycles. The van der Waals surface area contributed by atoms with Crippen molar-refractivity contribution in [2.45, 2.75) is 6.04 Å². The van der Waals surface area contributed by atoms with Gasteiger partial charge in [0.15, 0.2) is 0 Å². The lowest BCUT2D eigenvalue weighted by molar-refractivity contribution is 0.628. The van der Waals surface area contributed by atoms with Crippen LogP contribution in [0.1, 0.15) is 16.6 Å². The number of thiazole rings is 1. The van der Waals surface area contributed by atoms with Gasteiger partial charge in [-0.2, -0.15) is 0 Å². The summed E-state index contributed by atoms with van der Waals surface area (Å²) in [6.45, 7) is 0. The fourth-order valence-electron chi connectivity index (χ4n) is 2.02. The molecule has 0 aliphatic carbocycles. The van der Waals surface area contributed by atoms with Gasteiger partial charge >= 0.3 is 0 Å². The minimum absolute atomic E-state index is 0.0920. The Morgan fingerprint density at radius 3 is 2.62 bits per heavy atom. The topological polar surface area (TPSA) is 38.9 Å². The Balaban J connectivity index is 1.91. The zero-order chi connectivity index (χ0) is 14.8. The molecule has 2 N–H and O–H groups in total. The van der Waals surface area contributed by atoms with Crippen LogP contribution in [0.3, 0.4) is 0 Å². The first-order valence-corrected chi connectivity index (χ1v) is 7.62. The lowest BCUT2D eigenvalue weighted by atomic mass is 10.1. The Kier molecular flexibility index (Phi) is 4.01. The van der Waals surface area contributed by atoms with Crippen molar-refractivity contribution >= 4 is 22.9 Å². The molecule has 2 nitrogen and oxygen atoms in total. The van der Waals surface area contributed by atoms with Gasteiger partial charge in [-0.15, -0.1) is 11.3 Å². The van der Waals surface area contributed by atoms with Crippen molar-refractivity contribution in [3.63, 3.8) is 0 Å². The molecule has 1 heterocycles. The molecular formula is C16H12ClFN2S. The Morgan fingerprint density at radius 2 is 1.90 bits per heavy atom. The molecule has 0 fully saturated rings. The second-order valence-corrected chi connectivity index (χ2v) is 5.89. The second-order valence-electron chi connectivity index (χ2n) is 4.59. The lowest BCUT2D eigenvalue weighted by Gasteiger charge is -2.08. The van der Waals surface area contributed by atoms with Crippen molar-refractivity contribution in [2.24, 2.45) is 5.73 Å². The largest absolute Gasteiger partial charge is 0.318 e. The first kappa shape index (κ1) is 14.2. The summed E-state index contributed by atoms with van der Waals surface area (Å²) in [7, 11) is 0. The Hall–Kier alpha value is -1.75. The number of hydrogen-bond acceptors (Lipinski definition) is 3. The van der Waals surface area contributed by atoms with Gasteiger partial charge in [-0.3, -0.25) is 0 Å². The molecule has 0 bridgehead atoms. The Labute approximate surface area is 131 Å². The van der Waals surface area contributed by atoms with Gasteiger partial charge in [-0.1, -0.05) is 41.9 Å². The van der Waals surface area contributed by atoms with E-state index in [0.29, 0.717) is 0 Å². The number of nitrogens with two attached hydrogens (primary N) is 1. The molecule has 0 saturated carbocycles. The molecule has 0 radical (unpaired) electrons. The third kappa shape index (κ3) is 2.97. The highest BCUT2D eigenvalue weighted by Crippen LogP contribution is 2.29. The molecule has 2 aromatic carbocycles. The molecule has 1 atom stereocenters. The smallest absolute Gasteiger partial charge is 0.141 e. The van der Waals surface area contributed by atoms with Crippen LogP contribution in [0.15, 0.2) is 53.9 Å². The van der Waals surface area contributed by atoms with E-state index in [1.807, 2.05) is 35.7 Å². The molecular weight excluding hydrogens is 307 g/mol. The number of halogens is 2. The highest BCUT2D eigenvalue weighted by Gasteiger charge is 2.14. The first-order chi connectivity index (χ1) is 10.1. The van der Waals surface area contributed by atoms with Gasteiger partial charge in [0.05, 0.1) is 16.8 Å². The van der Waals surface area contributed by atoms with Crippen LogP contribution >= 0.6 is 22.9 Å². The van der Waals surface area contributed by atoms with E-state index in [2.05, 4.69) is 4.98 Å². The molecule has 0 amide bonds. The van der Waals surface area contributed by atoms with Gasteiger partial charge in [0.2, 0.25) is 0 Å². The van der Waals surface area contributed by atoms with E-state index in [1.54, 1.807) is 12.1 Å². The maximum Gasteiger partial charge on any atom is 0.141 e. The third-order valence-corrected chi connectivity index (χ3v) is 4.38. The van der Waals surface area contributed by atoms with Crippen molar-refractivity contribution in [3.8, 4) is 11.3 Å². The average molecular weight is 319 g/mol. The van der Waals surface area contributed by atoms with Gasteiger partial charge in [-0.05, 0) is 23.8 Å². The number of benzene rings is 2. The highest BCUT2D eigenvalue weighted by atomic mass is 35.5. The van der Waals surface area contributed by atoms with Crippen molar-refractivity contribution in [1.29, 1.82) is 0 Å². The van der Waals surface area contributed by atoms with Crippen molar-refractivity contribution in [1.82, 2.24) is 4.98 Å². The molecule has 106 valence electrons. The maximum absolute atomic E-state index is 13.2. The van der Waals surface area contributed by atoms with Crippen LogP contribution in [0.4, 0.5) is 4.39 Å². The fraction of sp³-hybridized carbons (Fsp3) is 0.0625. The van der Waals surface area contributed by atoms with E-state index in [4.69, 9.17) is 17.3 Å². The standard InChI is InChI=1S/C16H12ClFN2S/c17-12-8-11(6-7-13(12)18)14-9-21-16(20-14)15(19)10-4-2-1-3-5-10/h1-9,15H,19H2. The average Bonchev–Trinajstić information content (AvgIpc) is 3.00. The van der Waals surface area contributed by atoms with Crippen LogP contribution < -0.4 is 5.73 Å². The van der Waals surface area contributed by atoms with Gasteiger partial charge in [-0.25, -0.2) is 9.37 Å². The highest BCUT2D eigenvalue weighted by molar-refractivity contribution is 7.10. The summed E-state index contributed by atoms with van der Waals surface area (Å²) < 4.78 is 13.2. The van der Waals surface area contributed by atoms with E-state index in [-0.39, 0.29) is 11.1 Å². The number of hydrogen-bond donors (Lipinski definition) is 1. The van der Waals surface area contributed by atoms with E-state index < -0.39 is 5.82 Å². The number of rotatable bonds is 3. The Bertz CT molecular complexity index is 758. The summed E-state index contributed by atoms with van der Waals surface area (Å²) >= 11 is 7.29. The third-order valence-electron chi connectivity index (χ3n) is 3.16. The minimum Gasteiger partial charge on any atom is -0.318 e. The first-order valence-electron chi connectivity index (χ1n) is 6.36. The van der Waals surface area contributed by atoms with Gasteiger partial charge in [0, 0.05) is 10.9 Å². The normalized spacial score (nSPS) is 12.3. The van der Waals surface area contributed by atoms with E-state index >= 15 is 0 Å². The molecule has 3 aromatic rings. The zero-order valence-corrected chi connectivity index (χ0v) is 12.5. The van der Waals surface area contributed by atoms with Gasteiger partial charge in [0.25, 0.3) is 0 Å². The van der Waals surface area contributed by atoms with Gasteiger partial charge < -0.3 is 5.73 Å². The monoisotopic (exact) mass is 318 g/mol. The quantitative estimate of drug-likeness (QED) is 0.763. The second kappa shape index (κ2) is 5.93. The minimum atomic E-state index is -0.433. The van der Waals surface area contributed by atoms with Crippen LogP contribution in [-0.4, -0.2) is 4.98 Å². The van der Waals surface area contributed by atoms with E-state index in [0.717, 1.165) is 21.8 Å². The van der Waals surface area contributed by atoms with Crippen LogP contribution in [0.2, 0.25) is 5.02 Å². The molecule has 3 rings (SSSR count). The Morgan fingerprint density at radius 1 is 1.14 bits per heavy atom. The predicted molar refractivity (Wildman–Crippen MR) is 85.0 cm³/mol. The van der Waals surface area contributed by atoms with Crippen LogP contribution in [0.5, 0.6) is 0 Å². The molecule has 0 aliphatic rings. The molecule has 21 heavy (non-hydrogen) atoms. The SMILES string of the molecule is NC(c1ccccc1)c1nc(-c2ccc(F)c(Cl)c2)cs1. The predicted octanol–water partition coefficient (Wildman–Crippen LogP) is 4.65. The molecule has 1 aromatic heterocycles. The zero-order valence-electron chi connectivity index (χ0n) is 11.0. The maximum atomic E-state index is 13.2. The summed E-state index contributed by atoms with van der Waals surface area (Å²) in [6, 6.07) is 14.1. The molecule has 0 aliphatic heterocycles. The summed E-state index contributed by atoms with van der Waals surface area (Å²) in [6.07, 6.45) is 0. The number of nitrogens with zero attached hydrogens (tertiary/aromatic N) is 1. The molecule has 5 heteroatoms. The van der Waals surface area contributed by atoms with Gasteiger partial charge in [0.1, 0.15) is 10.8 Å². The summed E-state index contributed by atoms with van der Waals surface area (Å²) in [5.41, 5.74) is 8.77. The van der Waals surface area contributed by atoms with Crippen molar-refractivity contribution in [3.05, 3.63) is 75.3 Å². The van der Waals surface area contributed by atoms with Crippen molar-refractivity contribution in [2.75, 3.05) is 0 Å². The lowest BCUT2D eigenvalue weighted by Crippen LogP contribution is -2.11. The molecule has 0 spiro atoms. The van der Waals surface area contributed by atoms with Crippen LogP contribution in [0.25, 0.3) is 11.3 Å². The summed E-state index contributed by atoms with van der Waals surface area (Å²) in [5, 5.41) is 2.81. The fourth-order valence-corrected chi connectivity index (χ4v) is 3.06. The summed E-state index contributed by atoms with van der Waals surface area (Å²) in [5.74, 6) is -0.433. The molecule has 1 unspecified atom stereocenters. The number of aromatic nitrogens is 1.